The molecular formula is C26H32N6O3. The maximum atomic E-state index is 13.1. The van der Waals surface area contributed by atoms with Gasteiger partial charge in [-0.3, -0.25) is 9.69 Å². The molecule has 2 atom stereocenters. The van der Waals surface area contributed by atoms with E-state index in [2.05, 4.69) is 32.3 Å². The van der Waals surface area contributed by atoms with Gasteiger partial charge in [-0.05, 0) is 65.8 Å². The quantitative estimate of drug-likeness (QED) is 0.369. The molecule has 9 nitrogen and oxygen atoms in total. The summed E-state index contributed by atoms with van der Waals surface area (Å²) < 4.78 is 13.3. The molecule has 1 N–H and O–H groups in total. The first-order valence-corrected chi connectivity index (χ1v) is 12.4. The van der Waals surface area contributed by atoms with Gasteiger partial charge in [0.2, 0.25) is 0 Å². The lowest BCUT2D eigenvalue weighted by Crippen LogP contribution is -2.38. The zero-order valence-corrected chi connectivity index (χ0v) is 20.3. The van der Waals surface area contributed by atoms with E-state index in [1.807, 2.05) is 43.3 Å². The average Bonchev–Trinajstić information content (AvgIpc) is 3.63. The van der Waals surface area contributed by atoms with Crippen LogP contribution in [-0.4, -0.2) is 49.3 Å². The average molecular weight is 477 g/mol. The summed E-state index contributed by atoms with van der Waals surface area (Å²) >= 11 is 0. The summed E-state index contributed by atoms with van der Waals surface area (Å²) in [6.07, 6.45) is 5.66. The molecule has 0 unspecified atom stereocenters. The number of nitrogens with one attached hydrogen (secondary N) is 1. The monoisotopic (exact) mass is 476 g/mol. The Balaban J connectivity index is 1.50. The van der Waals surface area contributed by atoms with E-state index in [0.717, 1.165) is 65.9 Å². The van der Waals surface area contributed by atoms with E-state index in [4.69, 9.17) is 9.15 Å². The maximum Gasteiger partial charge on any atom is 0.252 e. The highest BCUT2D eigenvalue weighted by molar-refractivity contribution is 5.81. The number of benzene rings is 1. The molecular weight excluding hydrogens is 444 g/mol. The number of rotatable bonds is 10. The van der Waals surface area contributed by atoms with Gasteiger partial charge >= 0.3 is 0 Å². The summed E-state index contributed by atoms with van der Waals surface area (Å²) in [6.45, 7) is 6.60. The van der Waals surface area contributed by atoms with Crippen molar-refractivity contribution in [2.45, 2.75) is 64.8 Å². The summed E-state index contributed by atoms with van der Waals surface area (Å²) in [6, 6.07) is 11.8. The third kappa shape index (κ3) is 5.21. The second-order valence-corrected chi connectivity index (χ2v) is 9.31. The SMILES string of the molecule is CCC[C@@H](c1nnnn1Cc1ccco1)N(Cc1cc2cccc(C)c2[nH]c1=O)C[C@@H]1CCCO1. The van der Waals surface area contributed by atoms with Gasteiger partial charge in [0.1, 0.15) is 12.3 Å². The molecule has 0 amide bonds. The summed E-state index contributed by atoms with van der Waals surface area (Å²) in [7, 11) is 0. The summed E-state index contributed by atoms with van der Waals surface area (Å²) in [5.41, 5.74) is 2.62. The topological polar surface area (TPSA) is 102 Å². The van der Waals surface area contributed by atoms with E-state index in [1.54, 1.807) is 10.9 Å². The molecule has 5 rings (SSSR count). The van der Waals surface area contributed by atoms with Crippen molar-refractivity contribution in [1.29, 1.82) is 0 Å². The molecule has 1 saturated heterocycles. The molecule has 0 aliphatic carbocycles. The Kier molecular flexibility index (Phi) is 7.06. The van der Waals surface area contributed by atoms with Crippen LogP contribution in [0.5, 0.6) is 0 Å². The zero-order chi connectivity index (χ0) is 24.2. The Hall–Kier alpha value is -3.30. The van der Waals surface area contributed by atoms with Crippen molar-refractivity contribution >= 4 is 10.9 Å². The smallest absolute Gasteiger partial charge is 0.252 e. The minimum atomic E-state index is -0.0678. The second kappa shape index (κ2) is 10.5. The number of nitrogens with zero attached hydrogens (tertiary/aromatic N) is 5. The zero-order valence-electron chi connectivity index (χ0n) is 20.3. The molecule has 0 spiro atoms. The van der Waals surface area contributed by atoms with Gasteiger partial charge in [-0.25, -0.2) is 4.68 Å². The lowest BCUT2D eigenvalue weighted by molar-refractivity contribution is 0.0476. The molecule has 1 aliphatic heterocycles. The van der Waals surface area contributed by atoms with Crippen LogP contribution in [-0.2, 0) is 17.8 Å². The van der Waals surface area contributed by atoms with Crippen LogP contribution in [0.25, 0.3) is 10.9 Å². The predicted octanol–water partition coefficient (Wildman–Crippen LogP) is 3.99. The largest absolute Gasteiger partial charge is 0.467 e. The third-order valence-electron chi connectivity index (χ3n) is 6.75. The minimum Gasteiger partial charge on any atom is -0.467 e. The summed E-state index contributed by atoms with van der Waals surface area (Å²) in [4.78, 5) is 18.5. The number of hydrogen-bond donors (Lipinski definition) is 1. The van der Waals surface area contributed by atoms with Gasteiger partial charge < -0.3 is 14.1 Å². The number of aromatic nitrogens is 5. The molecule has 9 heteroatoms. The first-order chi connectivity index (χ1) is 17.1. The molecule has 1 aliphatic rings. The van der Waals surface area contributed by atoms with Crippen molar-refractivity contribution in [3.8, 4) is 0 Å². The Morgan fingerprint density at radius 1 is 1.29 bits per heavy atom. The number of furan rings is 1. The first kappa shape index (κ1) is 23.4. The standard InChI is InChI=1S/C26H32N6O3/c1-3-7-23(25-28-29-30-32(25)17-22-11-6-13-35-22)31(16-21-10-5-12-34-21)15-20-14-19-9-4-8-18(2)24(19)27-26(20)33/h4,6,8-9,11,13-14,21,23H,3,5,7,10,12,15-17H2,1-2H3,(H,27,33)/t21-,23-/m0/s1. The number of para-hydroxylation sites is 1. The normalized spacial score (nSPS) is 16.9. The van der Waals surface area contributed by atoms with Crippen molar-refractivity contribution < 1.29 is 9.15 Å². The molecule has 0 saturated carbocycles. The van der Waals surface area contributed by atoms with E-state index in [0.29, 0.717) is 19.6 Å². The van der Waals surface area contributed by atoms with E-state index < -0.39 is 0 Å². The minimum absolute atomic E-state index is 0.0606. The number of aromatic amines is 1. The Morgan fingerprint density at radius 2 is 2.20 bits per heavy atom. The number of aryl methyl sites for hydroxylation is 1. The van der Waals surface area contributed by atoms with Gasteiger partial charge in [0.25, 0.3) is 5.56 Å². The van der Waals surface area contributed by atoms with Crippen LogP contribution in [0.2, 0.25) is 0 Å². The van der Waals surface area contributed by atoms with Crippen LogP contribution in [0.4, 0.5) is 0 Å². The van der Waals surface area contributed by atoms with E-state index in [9.17, 15) is 4.79 Å². The maximum absolute atomic E-state index is 13.1. The number of tetrazole rings is 1. The highest BCUT2D eigenvalue weighted by atomic mass is 16.5. The number of fused-ring (bicyclic) bond motifs is 1. The second-order valence-electron chi connectivity index (χ2n) is 9.31. The number of ether oxygens (including phenoxy) is 1. The van der Waals surface area contributed by atoms with Crippen molar-refractivity contribution in [2.75, 3.05) is 13.2 Å². The lowest BCUT2D eigenvalue weighted by Gasteiger charge is -2.32. The summed E-state index contributed by atoms with van der Waals surface area (Å²) in [5, 5.41) is 13.7. The highest BCUT2D eigenvalue weighted by Gasteiger charge is 2.30. The van der Waals surface area contributed by atoms with Gasteiger partial charge in [0.05, 0.1) is 23.9 Å². The van der Waals surface area contributed by atoms with Crippen molar-refractivity contribution in [3.05, 3.63) is 75.7 Å². The number of pyridine rings is 1. The van der Waals surface area contributed by atoms with Crippen molar-refractivity contribution in [3.63, 3.8) is 0 Å². The Bertz CT molecular complexity index is 1310. The lowest BCUT2D eigenvalue weighted by atomic mass is 10.0. The first-order valence-electron chi connectivity index (χ1n) is 12.4. The van der Waals surface area contributed by atoms with E-state index in [1.165, 1.54) is 0 Å². The van der Waals surface area contributed by atoms with Gasteiger partial charge in [-0.15, -0.1) is 5.10 Å². The molecule has 4 aromatic rings. The van der Waals surface area contributed by atoms with Gasteiger partial charge in [-0.1, -0.05) is 31.5 Å². The fourth-order valence-electron chi connectivity index (χ4n) is 4.98. The number of H-pyrrole nitrogens is 1. The van der Waals surface area contributed by atoms with Crippen LogP contribution in [0.1, 0.15) is 61.4 Å². The van der Waals surface area contributed by atoms with Crippen molar-refractivity contribution in [2.24, 2.45) is 0 Å². The Labute approximate surface area is 204 Å². The van der Waals surface area contributed by atoms with Crippen LogP contribution >= 0.6 is 0 Å². The predicted molar refractivity (Wildman–Crippen MR) is 132 cm³/mol. The molecule has 1 fully saturated rings. The molecule has 184 valence electrons. The molecule has 4 heterocycles. The molecule has 1 aromatic carbocycles. The van der Waals surface area contributed by atoms with Gasteiger partial charge in [-0.2, -0.15) is 0 Å². The molecule has 0 radical (unpaired) electrons. The fourth-order valence-corrected chi connectivity index (χ4v) is 4.98. The van der Waals surface area contributed by atoms with Gasteiger partial charge in [0, 0.05) is 25.3 Å². The molecule has 35 heavy (non-hydrogen) atoms. The Morgan fingerprint density at radius 3 is 2.97 bits per heavy atom. The molecule has 3 aromatic heterocycles. The van der Waals surface area contributed by atoms with E-state index in [-0.39, 0.29) is 17.7 Å². The van der Waals surface area contributed by atoms with Crippen molar-refractivity contribution in [1.82, 2.24) is 30.1 Å². The summed E-state index contributed by atoms with van der Waals surface area (Å²) in [5.74, 6) is 1.56. The van der Waals surface area contributed by atoms with Crippen LogP contribution in [0.3, 0.4) is 0 Å². The number of hydrogen-bond acceptors (Lipinski definition) is 7. The van der Waals surface area contributed by atoms with Crippen LogP contribution in [0, 0.1) is 6.92 Å². The fraction of sp³-hybridized carbons (Fsp3) is 0.462. The van der Waals surface area contributed by atoms with Crippen LogP contribution < -0.4 is 5.56 Å². The van der Waals surface area contributed by atoms with Crippen LogP contribution in [0.15, 0.2) is 51.9 Å². The van der Waals surface area contributed by atoms with Gasteiger partial charge in [0.15, 0.2) is 5.82 Å². The highest BCUT2D eigenvalue weighted by Crippen LogP contribution is 2.28. The third-order valence-corrected chi connectivity index (χ3v) is 6.75. The van der Waals surface area contributed by atoms with E-state index >= 15 is 0 Å². The molecule has 0 bridgehead atoms.